The molecule has 12 heavy (non-hydrogen) atoms. The summed E-state index contributed by atoms with van der Waals surface area (Å²) < 4.78 is 9.62. The van der Waals surface area contributed by atoms with Gasteiger partial charge in [-0.15, -0.1) is 4.85 Å². The molecule has 0 radical (unpaired) electrons. The first-order valence-electron chi connectivity index (χ1n) is 3.08. The molecule has 0 saturated heterocycles. The number of aromatic nitrogens is 2. The van der Waals surface area contributed by atoms with E-state index in [4.69, 9.17) is 20.3 Å². The zero-order chi connectivity index (χ0) is 8.72. The van der Waals surface area contributed by atoms with Gasteiger partial charge in [-0.05, 0) is 5.10 Å². The lowest BCUT2D eigenvalue weighted by atomic mass is 10.4. The minimum atomic E-state index is -0.522. The van der Waals surface area contributed by atoms with Crippen LogP contribution in [0.4, 0.5) is 5.82 Å². The van der Waals surface area contributed by atoms with Crippen molar-refractivity contribution in [2.45, 2.75) is 0 Å². The third kappa shape index (κ3) is 0.698. The second-order valence-electron chi connectivity index (χ2n) is 2.15. The Kier molecular flexibility index (Phi) is 1.15. The van der Waals surface area contributed by atoms with Crippen molar-refractivity contribution in [1.29, 1.82) is 0 Å². The van der Waals surface area contributed by atoms with Crippen LogP contribution in [0.2, 0.25) is 0 Å². The zero-order valence-corrected chi connectivity index (χ0v) is 5.85. The van der Waals surface area contributed by atoms with Gasteiger partial charge in [0.25, 0.3) is 11.6 Å². The molecule has 0 aliphatic carbocycles. The van der Waals surface area contributed by atoms with E-state index >= 15 is 0 Å². The fourth-order valence-electron chi connectivity index (χ4n) is 0.907. The number of ether oxygens (including phenoxy) is 2. The average molecular weight is 171 g/mol. The van der Waals surface area contributed by atoms with E-state index in [-0.39, 0.29) is 29.0 Å². The quantitative estimate of drug-likeness (QED) is 0.372. The van der Waals surface area contributed by atoms with Crippen molar-refractivity contribution >= 4 is 5.82 Å². The number of hydrogen-bond acceptors (Lipinski definition) is 6. The van der Waals surface area contributed by atoms with E-state index in [1.165, 1.54) is 0 Å². The number of aromatic hydroxyl groups is 1. The second kappa shape index (κ2) is 2.03. The molecule has 1 aromatic rings. The zero-order valence-electron chi connectivity index (χ0n) is 5.85. The fraction of sp³-hybridized carbons (Fsp3) is 0.200. The molecule has 0 fully saturated rings. The molecule has 1 aliphatic heterocycles. The molecule has 0 atom stereocenters. The average Bonchev–Trinajstić information content (AvgIpc) is 2.48. The van der Waals surface area contributed by atoms with E-state index in [1.54, 1.807) is 0 Å². The van der Waals surface area contributed by atoms with Gasteiger partial charge in [-0.3, -0.25) is 5.73 Å². The third-order valence-electron chi connectivity index (χ3n) is 1.44. The van der Waals surface area contributed by atoms with E-state index in [9.17, 15) is 5.21 Å². The van der Waals surface area contributed by atoms with Gasteiger partial charge >= 0.3 is 5.82 Å². The number of nitrogens with zero attached hydrogens (tertiary/aromatic N) is 2. The summed E-state index contributed by atoms with van der Waals surface area (Å²) in [6.45, 7) is -0.0706. The maximum absolute atomic E-state index is 10.8. The highest BCUT2D eigenvalue weighted by atomic mass is 16.7. The first-order chi connectivity index (χ1) is 5.70. The van der Waals surface area contributed by atoms with Crippen LogP contribution >= 0.6 is 0 Å². The summed E-state index contributed by atoms with van der Waals surface area (Å²) in [5.74, 6) is -0.691. The van der Waals surface area contributed by atoms with Crippen molar-refractivity contribution in [2.24, 2.45) is 0 Å². The van der Waals surface area contributed by atoms with Crippen molar-refractivity contribution in [3.63, 3.8) is 0 Å². The van der Waals surface area contributed by atoms with Crippen LogP contribution in [0, 0.1) is 5.21 Å². The Labute approximate surface area is 66.5 Å². The lowest BCUT2D eigenvalue weighted by Crippen LogP contribution is -2.34. The van der Waals surface area contributed by atoms with E-state index in [0.717, 1.165) is 0 Å². The minimum absolute atomic E-state index is 0.0135. The number of anilines is 1. The maximum Gasteiger partial charge on any atom is 0.344 e. The largest absolute Gasteiger partial charge is 0.690 e. The van der Waals surface area contributed by atoms with Gasteiger partial charge in [0, 0.05) is 0 Å². The number of nitrogens with two attached hydrogens (primary N) is 1. The Balaban J connectivity index is 2.69. The molecule has 7 heteroatoms. The van der Waals surface area contributed by atoms with Crippen molar-refractivity contribution in [3.8, 4) is 17.4 Å². The topological polar surface area (TPSA) is 105 Å². The standard InChI is InChI=1S/C5H5N3O4/c6-4-2-3(12-1-11-2)5(9)7-8(4)10/h1,6H2,(H,7,9). The van der Waals surface area contributed by atoms with E-state index in [2.05, 4.69) is 5.10 Å². The van der Waals surface area contributed by atoms with Gasteiger partial charge in [-0.25, -0.2) is 0 Å². The molecule has 64 valence electrons. The van der Waals surface area contributed by atoms with Crippen LogP contribution in [0.5, 0.6) is 17.4 Å². The molecule has 3 N–H and O–H groups in total. The summed E-state index contributed by atoms with van der Waals surface area (Å²) >= 11 is 0. The Morgan fingerprint density at radius 1 is 1.50 bits per heavy atom. The second-order valence-corrected chi connectivity index (χ2v) is 2.15. The van der Waals surface area contributed by atoms with E-state index < -0.39 is 5.88 Å². The Hall–Kier alpha value is -1.92. The number of nitrogen functional groups attached to an aromatic ring is 1. The van der Waals surface area contributed by atoms with Crippen LogP contribution in [0.15, 0.2) is 0 Å². The monoisotopic (exact) mass is 171 g/mol. The molecule has 0 bridgehead atoms. The maximum atomic E-state index is 10.8. The van der Waals surface area contributed by atoms with Gasteiger partial charge in [0.15, 0.2) is 0 Å². The number of rotatable bonds is 0. The van der Waals surface area contributed by atoms with Gasteiger partial charge in [-0.2, -0.15) is 0 Å². The first kappa shape index (κ1) is 6.77. The molecule has 0 aromatic carbocycles. The van der Waals surface area contributed by atoms with Gasteiger partial charge in [0.1, 0.15) is 0 Å². The highest BCUT2D eigenvalue weighted by Gasteiger charge is 2.27. The summed E-state index contributed by atoms with van der Waals surface area (Å²) in [6, 6.07) is 0. The number of hydrogen-bond donors (Lipinski definition) is 2. The van der Waals surface area contributed by atoms with Crippen LogP contribution in [0.25, 0.3) is 0 Å². The Morgan fingerprint density at radius 2 is 2.17 bits per heavy atom. The summed E-state index contributed by atoms with van der Waals surface area (Å²) in [5.41, 5.74) is 5.27. The normalized spacial score (nSPS) is 13.3. The highest BCUT2D eigenvalue weighted by Crippen LogP contribution is 2.40. The molecule has 0 amide bonds. The van der Waals surface area contributed by atoms with Gasteiger partial charge in [0.05, 0.1) is 0 Å². The van der Waals surface area contributed by atoms with Gasteiger partial charge < -0.3 is 19.8 Å². The van der Waals surface area contributed by atoms with Gasteiger partial charge in [0.2, 0.25) is 12.5 Å². The number of fused-ring (bicyclic) bond motifs is 1. The molecule has 2 rings (SSSR count). The van der Waals surface area contributed by atoms with Crippen molar-refractivity contribution in [1.82, 2.24) is 5.10 Å². The fourth-order valence-corrected chi connectivity index (χ4v) is 0.907. The van der Waals surface area contributed by atoms with Crippen LogP contribution in [-0.4, -0.2) is 17.0 Å². The predicted molar refractivity (Wildman–Crippen MR) is 35.4 cm³/mol. The van der Waals surface area contributed by atoms with Crippen molar-refractivity contribution in [3.05, 3.63) is 5.21 Å². The molecule has 1 aliphatic rings. The van der Waals surface area contributed by atoms with Gasteiger partial charge in [-0.1, -0.05) is 0 Å². The predicted octanol–water partition coefficient (Wildman–Crippen LogP) is -1.27. The van der Waals surface area contributed by atoms with Crippen LogP contribution < -0.4 is 20.1 Å². The highest BCUT2D eigenvalue weighted by molar-refractivity contribution is 5.56. The molecule has 1 aromatic heterocycles. The summed E-state index contributed by atoms with van der Waals surface area (Å²) in [6.07, 6.45) is 0. The first-order valence-corrected chi connectivity index (χ1v) is 3.08. The lowest BCUT2D eigenvalue weighted by Gasteiger charge is -2.04. The van der Waals surface area contributed by atoms with E-state index in [0.29, 0.717) is 0 Å². The summed E-state index contributed by atoms with van der Waals surface area (Å²) in [7, 11) is 0. The molecule has 7 nitrogen and oxygen atoms in total. The molecular formula is C5H5N3O4. The van der Waals surface area contributed by atoms with Crippen LogP contribution in [0.3, 0.4) is 0 Å². The van der Waals surface area contributed by atoms with Crippen LogP contribution in [-0.2, 0) is 0 Å². The SMILES string of the molecule is Nc1c2c(c(O)n[n+]1[O-])OCO2. The molecular weight excluding hydrogens is 166 g/mol. The smallest absolute Gasteiger partial charge is 0.344 e. The molecule has 2 heterocycles. The summed E-state index contributed by atoms with van der Waals surface area (Å²) in [5, 5.41) is 23.0. The van der Waals surface area contributed by atoms with Crippen molar-refractivity contribution in [2.75, 3.05) is 12.5 Å². The minimum Gasteiger partial charge on any atom is -0.690 e. The van der Waals surface area contributed by atoms with Crippen LogP contribution in [0.1, 0.15) is 0 Å². The third-order valence-corrected chi connectivity index (χ3v) is 1.44. The molecule has 0 saturated carbocycles. The summed E-state index contributed by atoms with van der Waals surface area (Å²) in [4.78, 5) is 0.0723. The molecule has 0 spiro atoms. The Bertz CT molecular complexity index is 340. The molecule has 0 unspecified atom stereocenters. The lowest BCUT2D eigenvalue weighted by molar-refractivity contribution is -0.655. The van der Waals surface area contributed by atoms with E-state index in [1.807, 2.05) is 0 Å². The van der Waals surface area contributed by atoms with Crippen molar-refractivity contribution < 1.29 is 19.4 Å². The Morgan fingerprint density at radius 3 is 2.92 bits per heavy atom.